The lowest BCUT2D eigenvalue weighted by molar-refractivity contribution is 0.475. The van der Waals surface area contributed by atoms with Gasteiger partial charge in [-0.2, -0.15) is 0 Å². The number of phenolic OH excluding ortho intramolecular Hbond substituents is 2. The average Bonchev–Trinajstić information content (AvgIpc) is 2.68. The topological polar surface area (TPSA) is 53.4 Å². The molecule has 0 amide bonds. The van der Waals surface area contributed by atoms with Gasteiger partial charge in [-0.15, -0.1) is 0 Å². The number of hydrogen-bond acceptors (Lipinski definition) is 3. The standard InChI is InChI=1S/C23H16ClNO2/c24-18-5-3-4-16(12-18)17-13-21(15-8-10-19(26)11-9-15)25-22(14-17)20-6-1-2-7-23(20)27/h1-14,26-27H. The zero-order valence-electron chi connectivity index (χ0n) is 14.3. The van der Waals surface area contributed by atoms with Gasteiger partial charge in [0.2, 0.25) is 0 Å². The van der Waals surface area contributed by atoms with E-state index in [2.05, 4.69) is 0 Å². The number of aromatic hydroxyl groups is 2. The number of benzene rings is 3. The minimum atomic E-state index is 0.171. The smallest absolute Gasteiger partial charge is 0.124 e. The van der Waals surface area contributed by atoms with Crippen LogP contribution in [0.2, 0.25) is 5.02 Å². The Hall–Kier alpha value is -3.30. The number of aromatic nitrogens is 1. The van der Waals surface area contributed by atoms with Crippen LogP contribution in [-0.2, 0) is 0 Å². The fraction of sp³-hybridized carbons (Fsp3) is 0. The molecule has 27 heavy (non-hydrogen) atoms. The van der Waals surface area contributed by atoms with Crippen LogP contribution >= 0.6 is 11.6 Å². The van der Waals surface area contributed by atoms with Crippen molar-refractivity contribution in [3.05, 3.63) is 90.0 Å². The van der Waals surface area contributed by atoms with Gasteiger partial charge < -0.3 is 10.2 Å². The van der Waals surface area contributed by atoms with Gasteiger partial charge in [-0.3, -0.25) is 0 Å². The highest BCUT2D eigenvalue weighted by molar-refractivity contribution is 6.30. The number of pyridine rings is 1. The van der Waals surface area contributed by atoms with E-state index in [1.54, 1.807) is 24.3 Å². The largest absolute Gasteiger partial charge is 0.508 e. The van der Waals surface area contributed by atoms with Gasteiger partial charge in [0.05, 0.1) is 11.4 Å². The zero-order valence-corrected chi connectivity index (χ0v) is 15.1. The monoisotopic (exact) mass is 373 g/mol. The fourth-order valence-electron chi connectivity index (χ4n) is 2.97. The Balaban J connectivity index is 1.94. The molecule has 0 saturated carbocycles. The van der Waals surface area contributed by atoms with Crippen LogP contribution in [0.1, 0.15) is 0 Å². The Morgan fingerprint density at radius 2 is 1.37 bits per heavy atom. The molecule has 0 aliphatic rings. The van der Waals surface area contributed by atoms with Crippen LogP contribution in [0.4, 0.5) is 0 Å². The highest BCUT2D eigenvalue weighted by atomic mass is 35.5. The molecule has 0 bridgehead atoms. The molecule has 0 saturated heterocycles. The van der Waals surface area contributed by atoms with E-state index in [0.29, 0.717) is 16.3 Å². The summed E-state index contributed by atoms with van der Waals surface area (Å²) in [6, 6.07) is 25.5. The Labute approximate surface area is 162 Å². The average molecular weight is 374 g/mol. The molecule has 0 atom stereocenters. The SMILES string of the molecule is Oc1ccc(-c2cc(-c3cccc(Cl)c3)cc(-c3ccccc3O)n2)cc1. The van der Waals surface area contributed by atoms with Gasteiger partial charge >= 0.3 is 0 Å². The van der Waals surface area contributed by atoms with E-state index in [4.69, 9.17) is 16.6 Å². The summed E-state index contributed by atoms with van der Waals surface area (Å²) in [5.41, 5.74) is 4.82. The Morgan fingerprint density at radius 1 is 0.630 bits per heavy atom. The van der Waals surface area contributed by atoms with Crippen LogP contribution in [0.5, 0.6) is 11.5 Å². The van der Waals surface area contributed by atoms with Gasteiger partial charge in [0.25, 0.3) is 0 Å². The summed E-state index contributed by atoms with van der Waals surface area (Å²) in [5, 5.41) is 20.5. The van der Waals surface area contributed by atoms with E-state index < -0.39 is 0 Å². The van der Waals surface area contributed by atoms with Gasteiger partial charge in [-0.1, -0.05) is 35.9 Å². The molecule has 2 N–H and O–H groups in total. The van der Waals surface area contributed by atoms with Gasteiger partial charge in [-0.05, 0) is 71.8 Å². The first-order valence-electron chi connectivity index (χ1n) is 8.46. The van der Waals surface area contributed by atoms with E-state index in [9.17, 15) is 10.2 Å². The second-order valence-corrected chi connectivity index (χ2v) is 6.64. The number of hydrogen-bond donors (Lipinski definition) is 2. The van der Waals surface area contributed by atoms with Crippen molar-refractivity contribution in [2.24, 2.45) is 0 Å². The first-order valence-corrected chi connectivity index (χ1v) is 8.84. The van der Waals surface area contributed by atoms with Crippen molar-refractivity contribution in [2.45, 2.75) is 0 Å². The maximum absolute atomic E-state index is 10.3. The van der Waals surface area contributed by atoms with E-state index in [0.717, 1.165) is 22.4 Å². The molecule has 0 aliphatic carbocycles. The highest BCUT2D eigenvalue weighted by Crippen LogP contribution is 2.34. The third-order valence-corrected chi connectivity index (χ3v) is 4.56. The third kappa shape index (κ3) is 3.64. The normalized spacial score (nSPS) is 10.7. The molecule has 4 aromatic rings. The predicted molar refractivity (Wildman–Crippen MR) is 109 cm³/mol. The summed E-state index contributed by atoms with van der Waals surface area (Å²) in [5.74, 6) is 0.371. The molecule has 1 aromatic heterocycles. The maximum Gasteiger partial charge on any atom is 0.124 e. The van der Waals surface area contributed by atoms with Crippen LogP contribution in [-0.4, -0.2) is 15.2 Å². The fourth-order valence-corrected chi connectivity index (χ4v) is 3.16. The van der Waals surface area contributed by atoms with Crippen LogP contribution in [0.25, 0.3) is 33.6 Å². The Bertz CT molecular complexity index is 1110. The quantitative estimate of drug-likeness (QED) is 0.453. The van der Waals surface area contributed by atoms with Crippen LogP contribution in [0.3, 0.4) is 0 Å². The lowest BCUT2D eigenvalue weighted by atomic mass is 9.99. The molecule has 132 valence electrons. The molecule has 0 fully saturated rings. The third-order valence-electron chi connectivity index (χ3n) is 4.33. The minimum absolute atomic E-state index is 0.171. The molecule has 4 heteroatoms. The predicted octanol–water partition coefficient (Wildman–Crippen LogP) is 6.15. The number of halogens is 1. The number of para-hydroxylation sites is 1. The maximum atomic E-state index is 10.3. The van der Waals surface area contributed by atoms with Crippen molar-refractivity contribution in [2.75, 3.05) is 0 Å². The molecule has 3 aromatic carbocycles. The van der Waals surface area contributed by atoms with Crippen molar-refractivity contribution < 1.29 is 10.2 Å². The van der Waals surface area contributed by atoms with Crippen molar-refractivity contribution >= 4 is 11.6 Å². The summed E-state index contributed by atoms with van der Waals surface area (Å²) in [7, 11) is 0. The molecule has 1 heterocycles. The summed E-state index contributed by atoms with van der Waals surface area (Å²) in [6.45, 7) is 0. The molecule has 0 aliphatic heterocycles. The van der Waals surface area contributed by atoms with E-state index in [-0.39, 0.29) is 11.5 Å². The van der Waals surface area contributed by atoms with Crippen molar-refractivity contribution in [1.29, 1.82) is 0 Å². The summed E-state index contributed by atoms with van der Waals surface area (Å²) in [6.07, 6.45) is 0. The number of phenols is 2. The molecule has 4 rings (SSSR count). The van der Waals surface area contributed by atoms with Gasteiger partial charge in [-0.25, -0.2) is 4.98 Å². The molecular formula is C23H16ClNO2. The Kier molecular flexibility index (Phi) is 4.53. The summed E-state index contributed by atoms with van der Waals surface area (Å²) < 4.78 is 0. The van der Waals surface area contributed by atoms with Crippen LogP contribution in [0, 0.1) is 0 Å². The van der Waals surface area contributed by atoms with E-state index in [1.165, 1.54) is 0 Å². The highest BCUT2D eigenvalue weighted by Gasteiger charge is 2.11. The van der Waals surface area contributed by atoms with E-state index in [1.807, 2.05) is 60.7 Å². The minimum Gasteiger partial charge on any atom is -0.508 e. The Morgan fingerprint density at radius 3 is 2.11 bits per heavy atom. The van der Waals surface area contributed by atoms with Crippen molar-refractivity contribution in [3.8, 4) is 45.1 Å². The first-order chi connectivity index (χ1) is 13.1. The van der Waals surface area contributed by atoms with Crippen molar-refractivity contribution in [1.82, 2.24) is 4.98 Å². The summed E-state index contributed by atoms with van der Waals surface area (Å²) in [4.78, 5) is 4.74. The van der Waals surface area contributed by atoms with Crippen molar-refractivity contribution in [3.63, 3.8) is 0 Å². The number of rotatable bonds is 3. The molecular weight excluding hydrogens is 358 g/mol. The second kappa shape index (κ2) is 7.14. The zero-order chi connectivity index (χ0) is 18.8. The van der Waals surface area contributed by atoms with Gasteiger partial charge in [0, 0.05) is 16.1 Å². The van der Waals surface area contributed by atoms with Gasteiger partial charge in [0.15, 0.2) is 0 Å². The molecule has 0 spiro atoms. The second-order valence-electron chi connectivity index (χ2n) is 6.20. The van der Waals surface area contributed by atoms with Crippen LogP contribution < -0.4 is 0 Å². The first kappa shape index (κ1) is 17.1. The van der Waals surface area contributed by atoms with E-state index >= 15 is 0 Å². The van der Waals surface area contributed by atoms with Gasteiger partial charge in [0.1, 0.15) is 11.5 Å². The lowest BCUT2D eigenvalue weighted by Gasteiger charge is -2.11. The number of nitrogens with zero attached hydrogens (tertiary/aromatic N) is 1. The molecule has 0 unspecified atom stereocenters. The summed E-state index contributed by atoms with van der Waals surface area (Å²) >= 11 is 6.17. The van der Waals surface area contributed by atoms with Crippen LogP contribution in [0.15, 0.2) is 84.9 Å². The molecule has 0 radical (unpaired) electrons. The molecule has 3 nitrogen and oxygen atoms in total. The lowest BCUT2D eigenvalue weighted by Crippen LogP contribution is -1.91.